The van der Waals surface area contributed by atoms with Crippen molar-refractivity contribution in [3.8, 4) is 23.0 Å². The molecule has 168 valence electrons. The van der Waals surface area contributed by atoms with Crippen molar-refractivity contribution in [1.29, 1.82) is 0 Å². The molecule has 2 rings (SSSR count). The lowest BCUT2D eigenvalue weighted by Crippen LogP contribution is -2.38. The van der Waals surface area contributed by atoms with E-state index in [1.54, 1.807) is 52.7 Å². The van der Waals surface area contributed by atoms with Gasteiger partial charge in [-0.2, -0.15) is 0 Å². The molecule has 1 N–H and O–H groups in total. The monoisotopic (exact) mass is 430 g/mol. The van der Waals surface area contributed by atoms with Gasteiger partial charge in [-0.05, 0) is 43.2 Å². The van der Waals surface area contributed by atoms with Crippen molar-refractivity contribution in [1.82, 2.24) is 4.90 Å². The van der Waals surface area contributed by atoms with Gasteiger partial charge in [-0.3, -0.25) is 9.59 Å². The average Bonchev–Trinajstić information content (AvgIpc) is 2.80. The second-order valence-corrected chi connectivity index (χ2v) is 6.72. The van der Waals surface area contributed by atoms with Crippen molar-refractivity contribution in [3.63, 3.8) is 0 Å². The molecule has 0 spiro atoms. The molecule has 8 nitrogen and oxygen atoms in total. The van der Waals surface area contributed by atoms with Crippen molar-refractivity contribution in [3.05, 3.63) is 42.0 Å². The van der Waals surface area contributed by atoms with E-state index in [-0.39, 0.29) is 24.8 Å². The third-order valence-electron chi connectivity index (χ3n) is 4.77. The van der Waals surface area contributed by atoms with E-state index in [0.717, 1.165) is 5.56 Å². The molecular weight excluding hydrogens is 400 g/mol. The summed E-state index contributed by atoms with van der Waals surface area (Å²) in [6, 6.07) is 10.7. The highest BCUT2D eigenvalue weighted by Gasteiger charge is 2.18. The topological polar surface area (TPSA) is 86.3 Å². The van der Waals surface area contributed by atoms with Crippen LogP contribution in [0.15, 0.2) is 36.4 Å². The van der Waals surface area contributed by atoms with Gasteiger partial charge in [0.05, 0.1) is 35.0 Å². The van der Waals surface area contributed by atoms with E-state index >= 15 is 0 Å². The molecular formula is C23H30N2O6. The lowest BCUT2D eigenvalue weighted by molar-refractivity contribution is -0.134. The molecule has 0 saturated heterocycles. The number of amides is 2. The number of nitrogens with one attached hydrogen (secondary N) is 1. The Bertz CT molecular complexity index is 874. The van der Waals surface area contributed by atoms with Crippen molar-refractivity contribution < 1.29 is 28.5 Å². The van der Waals surface area contributed by atoms with E-state index in [1.807, 2.05) is 19.1 Å². The van der Waals surface area contributed by atoms with Crippen LogP contribution in [0.1, 0.15) is 18.9 Å². The van der Waals surface area contributed by atoms with Gasteiger partial charge in [0, 0.05) is 24.7 Å². The number of aryl methyl sites for hydroxylation is 1. The minimum absolute atomic E-state index is 0.0260. The summed E-state index contributed by atoms with van der Waals surface area (Å²) in [7, 11) is 6.20. The highest BCUT2D eigenvalue weighted by molar-refractivity contribution is 5.94. The summed E-state index contributed by atoms with van der Waals surface area (Å²) in [5, 5.41) is 2.79. The van der Waals surface area contributed by atoms with Crippen LogP contribution in [0.2, 0.25) is 0 Å². The Morgan fingerprint density at radius 1 is 0.935 bits per heavy atom. The summed E-state index contributed by atoms with van der Waals surface area (Å²) in [5.41, 5.74) is 1.49. The number of hydrogen-bond donors (Lipinski definition) is 1. The van der Waals surface area contributed by atoms with Crippen LogP contribution in [0, 0.1) is 0 Å². The van der Waals surface area contributed by atoms with Gasteiger partial charge in [0.25, 0.3) is 0 Å². The summed E-state index contributed by atoms with van der Waals surface area (Å²) in [4.78, 5) is 26.6. The maximum Gasteiger partial charge on any atom is 0.243 e. The Kier molecular flexibility index (Phi) is 8.99. The van der Waals surface area contributed by atoms with E-state index in [2.05, 4.69) is 5.32 Å². The van der Waals surface area contributed by atoms with Crippen LogP contribution < -0.4 is 24.3 Å². The van der Waals surface area contributed by atoms with Gasteiger partial charge in [0.2, 0.25) is 17.6 Å². The Morgan fingerprint density at radius 2 is 1.61 bits per heavy atom. The second-order valence-electron chi connectivity index (χ2n) is 6.72. The van der Waals surface area contributed by atoms with Gasteiger partial charge in [-0.15, -0.1) is 0 Å². The Labute approximate surface area is 183 Å². The maximum atomic E-state index is 12.7. The highest BCUT2D eigenvalue weighted by atomic mass is 16.5. The lowest BCUT2D eigenvalue weighted by atomic mass is 10.1. The summed E-state index contributed by atoms with van der Waals surface area (Å²) in [6.45, 7) is 2.25. The molecule has 0 aliphatic carbocycles. The summed E-state index contributed by atoms with van der Waals surface area (Å²) >= 11 is 0. The van der Waals surface area contributed by atoms with Crippen LogP contribution in [0.4, 0.5) is 5.69 Å². The molecule has 2 aromatic rings. The number of hydrogen-bond acceptors (Lipinski definition) is 6. The molecule has 8 heteroatoms. The zero-order valence-electron chi connectivity index (χ0n) is 18.7. The van der Waals surface area contributed by atoms with Crippen molar-refractivity contribution in [2.75, 3.05) is 46.8 Å². The molecule has 0 saturated carbocycles. The Hall–Kier alpha value is -3.42. The van der Waals surface area contributed by atoms with E-state index in [4.69, 9.17) is 18.9 Å². The summed E-state index contributed by atoms with van der Waals surface area (Å²) in [6.07, 6.45) is 0.725. The largest absolute Gasteiger partial charge is 0.497 e. The molecule has 2 amide bonds. The van der Waals surface area contributed by atoms with Crippen LogP contribution in [0.5, 0.6) is 23.0 Å². The number of ether oxygens (including phenoxy) is 4. The number of rotatable bonds is 11. The zero-order chi connectivity index (χ0) is 22.8. The molecule has 0 fully saturated rings. The molecule has 0 radical (unpaired) electrons. The fourth-order valence-electron chi connectivity index (χ4n) is 3.14. The number of carbonyl (C=O) groups excluding carboxylic acids is 2. The van der Waals surface area contributed by atoms with Crippen molar-refractivity contribution >= 4 is 17.5 Å². The molecule has 2 aromatic carbocycles. The highest BCUT2D eigenvalue weighted by Crippen LogP contribution is 2.38. The SMILES string of the molecule is CCN(CC(=O)Nc1cccc(OC)c1)C(=O)CCc1cc(OC)c(OC)c(OC)c1. The summed E-state index contributed by atoms with van der Waals surface area (Å²) < 4.78 is 21.2. The third-order valence-corrected chi connectivity index (χ3v) is 4.77. The van der Waals surface area contributed by atoms with Crippen LogP contribution in [0.3, 0.4) is 0 Å². The predicted molar refractivity (Wildman–Crippen MR) is 118 cm³/mol. The van der Waals surface area contributed by atoms with Gasteiger partial charge < -0.3 is 29.2 Å². The minimum Gasteiger partial charge on any atom is -0.497 e. The molecule has 0 bridgehead atoms. The number of nitrogens with zero attached hydrogens (tertiary/aromatic N) is 1. The first-order chi connectivity index (χ1) is 14.9. The average molecular weight is 431 g/mol. The quantitative estimate of drug-likeness (QED) is 0.589. The van der Waals surface area contributed by atoms with E-state index < -0.39 is 0 Å². The molecule has 0 aromatic heterocycles. The minimum atomic E-state index is -0.267. The van der Waals surface area contributed by atoms with Gasteiger partial charge in [0.1, 0.15) is 5.75 Å². The predicted octanol–water partition coefficient (Wildman–Crippen LogP) is 3.14. The van der Waals surface area contributed by atoms with Gasteiger partial charge >= 0.3 is 0 Å². The molecule has 0 heterocycles. The smallest absolute Gasteiger partial charge is 0.243 e. The molecule has 0 aliphatic rings. The van der Waals surface area contributed by atoms with Gasteiger partial charge in [-0.25, -0.2) is 0 Å². The molecule has 0 aliphatic heterocycles. The Morgan fingerprint density at radius 3 is 2.16 bits per heavy atom. The third kappa shape index (κ3) is 6.53. The van der Waals surface area contributed by atoms with Crippen molar-refractivity contribution in [2.45, 2.75) is 19.8 Å². The van der Waals surface area contributed by atoms with Crippen LogP contribution >= 0.6 is 0 Å². The molecule has 0 atom stereocenters. The van der Waals surface area contributed by atoms with E-state index in [0.29, 0.717) is 41.7 Å². The first-order valence-corrected chi connectivity index (χ1v) is 9.96. The summed E-state index contributed by atoms with van der Waals surface area (Å²) in [5.74, 6) is 1.84. The number of benzene rings is 2. The molecule has 31 heavy (non-hydrogen) atoms. The number of methoxy groups -OCH3 is 4. The standard InChI is InChI=1S/C23H30N2O6/c1-6-25(15-21(26)24-17-8-7-9-18(14-17)28-2)22(27)11-10-16-12-19(29-3)23(31-5)20(13-16)30-4/h7-9,12-14H,6,10-11,15H2,1-5H3,(H,24,26). The van der Waals surface area contributed by atoms with Gasteiger partial charge in [-0.1, -0.05) is 6.07 Å². The van der Waals surface area contributed by atoms with Gasteiger partial charge in [0.15, 0.2) is 11.5 Å². The fraction of sp³-hybridized carbons (Fsp3) is 0.391. The molecule has 0 unspecified atom stereocenters. The van der Waals surface area contributed by atoms with Crippen LogP contribution in [0.25, 0.3) is 0 Å². The first-order valence-electron chi connectivity index (χ1n) is 9.96. The maximum absolute atomic E-state index is 12.7. The van der Waals surface area contributed by atoms with E-state index in [1.165, 1.54) is 4.90 Å². The second kappa shape index (κ2) is 11.7. The number of anilines is 1. The fourth-order valence-corrected chi connectivity index (χ4v) is 3.14. The number of likely N-dealkylation sites (N-methyl/N-ethyl adjacent to an activating group) is 1. The van der Waals surface area contributed by atoms with Crippen molar-refractivity contribution in [2.24, 2.45) is 0 Å². The van der Waals surface area contributed by atoms with E-state index in [9.17, 15) is 9.59 Å². The zero-order valence-corrected chi connectivity index (χ0v) is 18.7. The Balaban J connectivity index is 1.99. The normalized spacial score (nSPS) is 10.2. The number of carbonyl (C=O) groups is 2. The lowest BCUT2D eigenvalue weighted by Gasteiger charge is -2.21. The van der Waals surface area contributed by atoms with Crippen LogP contribution in [-0.4, -0.2) is 58.2 Å². The first kappa shape index (κ1) is 23.9. The van der Waals surface area contributed by atoms with Crippen LogP contribution in [-0.2, 0) is 16.0 Å².